The van der Waals surface area contributed by atoms with Crippen molar-refractivity contribution in [3.63, 3.8) is 0 Å². The number of benzene rings is 2. The summed E-state index contributed by atoms with van der Waals surface area (Å²) < 4.78 is 27.7. The third-order valence-corrected chi connectivity index (χ3v) is 5.37. The number of likely N-dealkylation sites (N-methyl/N-ethyl adjacent to an activating group) is 1. The second-order valence-electron chi connectivity index (χ2n) is 7.47. The molecule has 3 aromatic rings. The van der Waals surface area contributed by atoms with Gasteiger partial charge in [-0.15, -0.1) is 0 Å². The van der Waals surface area contributed by atoms with E-state index in [4.69, 9.17) is 0 Å². The Kier molecular flexibility index (Phi) is 5.46. The molecule has 6 nitrogen and oxygen atoms in total. The number of rotatable bonds is 3. The fourth-order valence-electron chi connectivity index (χ4n) is 3.70. The second-order valence-corrected chi connectivity index (χ2v) is 7.47. The quantitative estimate of drug-likeness (QED) is 0.698. The molecule has 2 heterocycles. The average Bonchev–Trinajstić information content (AvgIpc) is 2.92. The van der Waals surface area contributed by atoms with E-state index in [1.54, 1.807) is 6.20 Å². The van der Waals surface area contributed by atoms with E-state index in [1.165, 1.54) is 18.0 Å². The van der Waals surface area contributed by atoms with Gasteiger partial charge in [-0.25, -0.2) is 18.7 Å². The first kappa shape index (κ1) is 20.6. The summed E-state index contributed by atoms with van der Waals surface area (Å²) in [6.07, 6.45) is 2.01. The molecule has 1 aliphatic rings. The monoisotopic (exact) mass is 422 g/mol. The van der Waals surface area contributed by atoms with Crippen molar-refractivity contribution < 1.29 is 18.4 Å². The van der Waals surface area contributed by atoms with E-state index in [-0.39, 0.29) is 24.4 Å². The van der Waals surface area contributed by atoms with E-state index in [0.717, 1.165) is 17.2 Å². The first-order valence-electron chi connectivity index (χ1n) is 9.80. The maximum atomic E-state index is 14.1. The smallest absolute Gasteiger partial charge is 0.292 e. The number of amides is 2. The Labute approximate surface area is 177 Å². The summed E-state index contributed by atoms with van der Waals surface area (Å²) in [5, 5.41) is 2.49. The number of fused-ring (bicyclic) bond motifs is 1. The number of carbonyl (C=O) groups excluding carboxylic acids is 2. The Balaban J connectivity index is 1.60. The number of nitrogens with zero attached hydrogens (tertiary/aromatic N) is 3. The molecule has 1 unspecified atom stereocenters. The molecule has 2 aromatic carbocycles. The van der Waals surface area contributed by atoms with Crippen LogP contribution in [0.25, 0.3) is 11.3 Å². The van der Waals surface area contributed by atoms with Gasteiger partial charge in [0.25, 0.3) is 5.91 Å². The van der Waals surface area contributed by atoms with Crippen LogP contribution in [-0.2, 0) is 11.2 Å². The zero-order chi connectivity index (χ0) is 22.1. The minimum absolute atomic E-state index is 0.0428. The minimum atomic E-state index is -0.882. The van der Waals surface area contributed by atoms with E-state index in [1.807, 2.05) is 37.3 Å². The third kappa shape index (κ3) is 4.01. The van der Waals surface area contributed by atoms with Gasteiger partial charge in [0, 0.05) is 24.9 Å². The second kappa shape index (κ2) is 8.22. The van der Waals surface area contributed by atoms with Crippen LogP contribution in [0.5, 0.6) is 0 Å². The van der Waals surface area contributed by atoms with Gasteiger partial charge >= 0.3 is 0 Å². The van der Waals surface area contributed by atoms with Gasteiger partial charge in [0.05, 0.1) is 11.4 Å². The van der Waals surface area contributed by atoms with Crippen molar-refractivity contribution in [2.24, 2.45) is 0 Å². The van der Waals surface area contributed by atoms with Crippen molar-refractivity contribution in [3.05, 3.63) is 77.2 Å². The molecule has 2 amide bonds. The Morgan fingerprint density at radius 2 is 1.94 bits per heavy atom. The van der Waals surface area contributed by atoms with Gasteiger partial charge in [0.1, 0.15) is 17.7 Å². The number of hydrogen-bond acceptors (Lipinski definition) is 4. The van der Waals surface area contributed by atoms with Crippen molar-refractivity contribution in [1.29, 1.82) is 0 Å². The van der Waals surface area contributed by atoms with Gasteiger partial charge in [-0.05, 0) is 37.0 Å². The third-order valence-electron chi connectivity index (χ3n) is 5.37. The summed E-state index contributed by atoms with van der Waals surface area (Å²) in [6.45, 7) is 1.85. The summed E-state index contributed by atoms with van der Waals surface area (Å²) in [4.78, 5) is 35.6. The maximum Gasteiger partial charge on any atom is 0.292 e. The first-order valence-corrected chi connectivity index (χ1v) is 9.80. The van der Waals surface area contributed by atoms with Crippen LogP contribution >= 0.6 is 0 Å². The molecule has 8 heteroatoms. The number of nitrogens with one attached hydrogen (secondary N) is 1. The SMILES string of the molecule is Cc1cnc(C(=O)N(C)C2CCc3cc(F)cc(F)c3NC2=O)nc1-c1ccccc1. The molecule has 0 radical (unpaired) electrons. The molecular weight excluding hydrogens is 402 g/mol. The Morgan fingerprint density at radius 3 is 2.68 bits per heavy atom. The molecule has 1 atom stereocenters. The van der Waals surface area contributed by atoms with Crippen molar-refractivity contribution in [1.82, 2.24) is 14.9 Å². The van der Waals surface area contributed by atoms with E-state index >= 15 is 0 Å². The van der Waals surface area contributed by atoms with Gasteiger partial charge in [-0.1, -0.05) is 30.3 Å². The maximum absolute atomic E-state index is 14.1. The van der Waals surface area contributed by atoms with Crippen molar-refractivity contribution >= 4 is 17.5 Å². The lowest BCUT2D eigenvalue weighted by atomic mass is 10.0. The summed E-state index contributed by atoms with van der Waals surface area (Å²) in [5.74, 6) is -2.67. The zero-order valence-electron chi connectivity index (χ0n) is 17.0. The van der Waals surface area contributed by atoms with Gasteiger partial charge in [0.15, 0.2) is 0 Å². The van der Waals surface area contributed by atoms with E-state index in [0.29, 0.717) is 11.3 Å². The van der Waals surface area contributed by atoms with Crippen LogP contribution in [0.2, 0.25) is 0 Å². The molecule has 31 heavy (non-hydrogen) atoms. The zero-order valence-corrected chi connectivity index (χ0v) is 17.0. The van der Waals surface area contributed by atoms with Gasteiger partial charge in [-0.2, -0.15) is 0 Å². The lowest BCUT2D eigenvalue weighted by molar-refractivity contribution is -0.120. The standard InChI is InChI=1S/C23H20F2N4O2/c1-13-12-26-21(27-19(13)14-6-4-3-5-7-14)23(31)29(2)18-9-8-15-10-16(24)11-17(25)20(15)28-22(18)30/h3-7,10-12,18H,8-9H2,1-2H3,(H,28,30). The number of aryl methyl sites for hydroxylation is 2. The first-order chi connectivity index (χ1) is 14.8. The normalized spacial score (nSPS) is 15.6. The van der Waals surface area contributed by atoms with Crippen molar-refractivity contribution in [2.45, 2.75) is 25.8 Å². The number of anilines is 1. The number of hydrogen-bond donors (Lipinski definition) is 1. The fraction of sp³-hybridized carbons (Fsp3) is 0.217. The highest BCUT2D eigenvalue weighted by Crippen LogP contribution is 2.28. The molecule has 0 bridgehead atoms. The molecule has 0 saturated heterocycles. The topological polar surface area (TPSA) is 75.2 Å². The number of aromatic nitrogens is 2. The van der Waals surface area contributed by atoms with E-state index in [2.05, 4.69) is 15.3 Å². The minimum Gasteiger partial charge on any atom is -0.327 e. The van der Waals surface area contributed by atoms with Crippen LogP contribution < -0.4 is 5.32 Å². The molecular formula is C23H20F2N4O2. The molecule has 1 aromatic heterocycles. The number of halogens is 2. The molecule has 0 fully saturated rings. The molecule has 1 aliphatic heterocycles. The van der Waals surface area contributed by atoms with Gasteiger partial charge in [0.2, 0.25) is 11.7 Å². The Bertz CT molecular complexity index is 1170. The lowest BCUT2D eigenvalue weighted by Crippen LogP contribution is -2.45. The molecule has 0 spiro atoms. The highest BCUT2D eigenvalue weighted by molar-refractivity contribution is 6.00. The van der Waals surface area contributed by atoms with E-state index in [9.17, 15) is 18.4 Å². The van der Waals surface area contributed by atoms with Crippen molar-refractivity contribution in [3.8, 4) is 11.3 Å². The molecule has 0 saturated carbocycles. The molecule has 158 valence electrons. The van der Waals surface area contributed by atoms with Crippen LogP contribution in [-0.4, -0.2) is 39.8 Å². The van der Waals surface area contributed by atoms with Crippen LogP contribution in [0.4, 0.5) is 14.5 Å². The predicted octanol–water partition coefficient (Wildman–Crippen LogP) is 3.76. The molecule has 4 rings (SSSR count). The summed E-state index contributed by atoms with van der Waals surface area (Å²) in [7, 11) is 1.48. The lowest BCUT2D eigenvalue weighted by Gasteiger charge is -2.25. The van der Waals surface area contributed by atoms with E-state index < -0.39 is 29.5 Å². The van der Waals surface area contributed by atoms with Gasteiger partial charge in [-0.3, -0.25) is 9.59 Å². The summed E-state index contributed by atoms with van der Waals surface area (Å²) >= 11 is 0. The van der Waals surface area contributed by atoms with Crippen LogP contribution in [0, 0.1) is 18.6 Å². The summed E-state index contributed by atoms with van der Waals surface area (Å²) in [5.41, 5.74) is 2.59. The molecule has 1 N–H and O–H groups in total. The molecule has 0 aliphatic carbocycles. The average molecular weight is 422 g/mol. The Morgan fingerprint density at radius 1 is 1.19 bits per heavy atom. The number of carbonyl (C=O) groups is 2. The summed E-state index contributed by atoms with van der Waals surface area (Å²) in [6, 6.07) is 10.4. The predicted molar refractivity (Wildman–Crippen MR) is 111 cm³/mol. The van der Waals surface area contributed by atoms with Gasteiger partial charge < -0.3 is 10.2 Å². The van der Waals surface area contributed by atoms with Crippen LogP contribution in [0.15, 0.2) is 48.7 Å². The fourth-order valence-corrected chi connectivity index (χ4v) is 3.70. The highest BCUT2D eigenvalue weighted by Gasteiger charge is 2.32. The van der Waals surface area contributed by atoms with Crippen LogP contribution in [0.3, 0.4) is 0 Å². The largest absolute Gasteiger partial charge is 0.327 e. The van der Waals surface area contributed by atoms with Crippen molar-refractivity contribution in [2.75, 3.05) is 12.4 Å². The van der Waals surface area contributed by atoms with Crippen LogP contribution in [0.1, 0.15) is 28.2 Å². The Hall–Kier alpha value is -3.68. The highest BCUT2D eigenvalue weighted by atomic mass is 19.1.